The van der Waals surface area contributed by atoms with Crippen molar-refractivity contribution in [3.8, 4) is 11.5 Å². The van der Waals surface area contributed by atoms with Gasteiger partial charge in [0.2, 0.25) is 0 Å². The van der Waals surface area contributed by atoms with Gasteiger partial charge in [-0.25, -0.2) is 0 Å². The van der Waals surface area contributed by atoms with Gasteiger partial charge in [0.25, 0.3) is 0 Å². The topological polar surface area (TPSA) is 62.3 Å². The van der Waals surface area contributed by atoms with Crippen LogP contribution in [0.4, 0.5) is 0 Å². The van der Waals surface area contributed by atoms with Crippen LogP contribution in [0.3, 0.4) is 0 Å². The number of hydrogen-bond donors (Lipinski definition) is 1. The molecule has 5 heteroatoms. The summed E-state index contributed by atoms with van der Waals surface area (Å²) in [4.78, 5) is 0. The highest BCUT2D eigenvalue weighted by atomic mass is 16.5. The molecule has 0 unspecified atom stereocenters. The number of benzene rings is 1. The quantitative estimate of drug-likeness (QED) is 0.839. The largest absolute Gasteiger partial charge is 0.497 e. The standard InChI is InChI=1S/C15H21N3O2/c1-3-18-10-12(9-17-18)11-20-15-5-4-14(19-2)8-13(15)6-7-16/h4-5,8-10H,3,6-7,11,16H2,1-2H3. The molecule has 2 N–H and O–H groups in total. The van der Waals surface area contributed by atoms with Crippen molar-refractivity contribution < 1.29 is 9.47 Å². The fraction of sp³-hybridized carbons (Fsp3) is 0.400. The van der Waals surface area contributed by atoms with Crippen molar-refractivity contribution >= 4 is 0 Å². The van der Waals surface area contributed by atoms with Crippen LogP contribution in [0.1, 0.15) is 18.1 Å². The second kappa shape index (κ2) is 6.96. The summed E-state index contributed by atoms with van der Waals surface area (Å²) in [6.07, 6.45) is 4.59. The number of nitrogens with two attached hydrogens (primary N) is 1. The molecule has 0 radical (unpaired) electrons. The van der Waals surface area contributed by atoms with E-state index in [9.17, 15) is 0 Å². The molecule has 0 spiro atoms. The number of methoxy groups -OCH3 is 1. The maximum atomic E-state index is 5.87. The maximum Gasteiger partial charge on any atom is 0.123 e. The molecule has 5 nitrogen and oxygen atoms in total. The number of aromatic nitrogens is 2. The van der Waals surface area contributed by atoms with E-state index in [1.54, 1.807) is 7.11 Å². The van der Waals surface area contributed by atoms with E-state index in [2.05, 4.69) is 12.0 Å². The molecule has 1 aromatic carbocycles. The Morgan fingerprint density at radius 1 is 1.35 bits per heavy atom. The van der Waals surface area contributed by atoms with Crippen molar-refractivity contribution in [1.29, 1.82) is 0 Å². The van der Waals surface area contributed by atoms with Gasteiger partial charge in [-0.1, -0.05) is 0 Å². The van der Waals surface area contributed by atoms with Gasteiger partial charge in [-0.2, -0.15) is 5.10 Å². The molecule has 0 aliphatic heterocycles. The third kappa shape index (κ3) is 3.51. The minimum atomic E-state index is 0.504. The fourth-order valence-corrected chi connectivity index (χ4v) is 1.99. The average Bonchev–Trinajstić information content (AvgIpc) is 2.94. The predicted octanol–water partition coefficient (Wildman–Crippen LogP) is 1.99. The first-order chi connectivity index (χ1) is 9.76. The molecular weight excluding hydrogens is 254 g/mol. The van der Waals surface area contributed by atoms with Crippen LogP contribution in [0.15, 0.2) is 30.6 Å². The fourth-order valence-electron chi connectivity index (χ4n) is 1.99. The molecule has 20 heavy (non-hydrogen) atoms. The first-order valence-electron chi connectivity index (χ1n) is 6.78. The number of aryl methyl sites for hydroxylation is 1. The van der Waals surface area contributed by atoms with E-state index in [1.807, 2.05) is 35.3 Å². The Kier molecular flexibility index (Phi) is 5.01. The van der Waals surface area contributed by atoms with E-state index in [0.717, 1.165) is 35.6 Å². The minimum absolute atomic E-state index is 0.504. The van der Waals surface area contributed by atoms with E-state index >= 15 is 0 Å². The maximum absolute atomic E-state index is 5.87. The second-order valence-corrected chi connectivity index (χ2v) is 4.51. The summed E-state index contributed by atoms with van der Waals surface area (Å²) in [5.41, 5.74) is 7.76. The lowest BCUT2D eigenvalue weighted by Gasteiger charge is -2.12. The molecule has 1 heterocycles. The van der Waals surface area contributed by atoms with Gasteiger partial charge in [0.05, 0.1) is 13.3 Å². The van der Waals surface area contributed by atoms with Crippen LogP contribution in [0.2, 0.25) is 0 Å². The molecule has 0 bridgehead atoms. The van der Waals surface area contributed by atoms with Crippen LogP contribution < -0.4 is 15.2 Å². The Morgan fingerprint density at radius 3 is 2.85 bits per heavy atom. The summed E-state index contributed by atoms with van der Waals surface area (Å²) in [5, 5.41) is 4.23. The van der Waals surface area contributed by atoms with Gasteiger partial charge >= 0.3 is 0 Å². The number of rotatable bonds is 7. The molecular formula is C15H21N3O2. The zero-order valence-electron chi connectivity index (χ0n) is 12.0. The Labute approximate surface area is 119 Å². The van der Waals surface area contributed by atoms with E-state index in [0.29, 0.717) is 13.2 Å². The van der Waals surface area contributed by atoms with Crippen LogP contribution in [-0.2, 0) is 19.6 Å². The van der Waals surface area contributed by atoms with Gasteiger partial charge in [-0.05, 0) is 43.7 Å². The number of hydrogen-bond acceptors (Lipinski definition) is 4. The van der Waals surface area contributed by atoms with Crippen molar-refractivity contribution in [3.05, 3.63) is 41.7 Å². The highest BCUT2D eigenvalue weighted by Crippen LogP contribution is 2.25. The van der Waals surface area contributed by atoms with Gasteiger partial charge < -0.3 is 15.2 Å². The molecule has 0 atom stereocenters. The molecule has 2 aromatic rings. The zero-order chi connectivity index (χ0) is 14.4. The summed E-state index contributed by atoms with van der Waals surface area (Å²) in [6, 6.07) is 5.79. The number of ether oxygens (including phenoxy) is 2. The van der Waals surface area contributed by atoms with Gasteiger partial charge in [0, 0.05) is 18.3 Å². The molecule has 108 valence electrons. The zero-order valence-corrected chi connectivity index (χ0v) is 12.0. The van der Waals surface area contributed by atoms with E-state index in [4.69, 9.17) is 15.2 Å². The Bertz CT molecular complexity index is 552. The Balaban J connectivity index is 2.07. The van der Waals surface area contributed by atoms with Crippen LogP contribution in [0, 0.1) is 0 Å². The summed E-state index contributed by atoms with van der Waals surface area (Å²) in [6.45, 7) is 4.00. The summed E-state index contributed by atoms with van der Waals surface area (Å²) < 4.78 is 13.0. The summed E-state index contributed by atoms with van der Waals surface area (Å²) >= 11 is 0. The molecule has 0 amide bonds. The molecule has 0 aliphatic carbocycles. The monoisotopic (exact) mass is 275 g/mol. The van der Waals surface area contributed by atoms with Crippen molar-refractivity contribution in [2.24, 2.45) is 5.73 Å². The van der Waals surface area contributed by atoms with Crippen molar-refractivity contribution in [2.45, 2.75) is 26.5 Å². The van der Waals surface area contributed by atoms with Gasteiger partial charge in [-0.3, -0.25) is 4.68 Å². The molecule has 2 rings (SSSR count). The van der Waals surface area contributed by atoms with Gasteiger partial charge in [-0.15, -0.1) is 0 Å². The minimum Gasteiger partial charge on any atom is -0.497 e. The first-order valence-corrected chi connectivity index (χ1v) is 6.78. The predicted molar refractivity (Wildman–Crippen MR) is 78.0 cm³/mol. The Hall–Kier alpha value is -2.01. The molecule has 0 aliphatic rings. The molecule has 0 saturated carbocycles. The van der Waals surface area contributed by atoms with E-state index < -0.39 is 0 Å². The smallest absolute Gasteiger partial charge is 0.123 e. The number of nitrogens with zero attached hydrogens (tertiary/aromatic N) is 2. The van der Waals surface area contributed by atoms with Crippen molar-refractivity contribution in [3.63, 3.8) is 0 Å². The summed E-state index contributed by atoms with van der Waals surface area (Å²) in [7, 11) is 1.65. The van der Waals surface area contributed by atoms with Crippen LogP contribution in [-0.4, -0.2) is 23.4 Å². The molecule has 0 fully saturated rings. The normalized spacial score (nSPS) is 10.6. The lowest BCUT2D eigenvalue weighted by Crippen LogP contribution is -2.05. The van der Waals surface area contributed by atoms with E-state index in [-0.39, 0.29) is 0 Å². The lowest BCUT2D eigenvalue weighted by molar-refractivity contribution is 0.302. The molecule has 0 saturated heterocycles. The highest BCUT2D eigenvalue weighted by Gasteiger charge is 2.06. The highest BCUT2D eigenvalue weighted by molar-refractivity contribution is 5.40. The lowest BCUT2D eigenvalue weighted by atomic mass is 10.1. The molecule has 1 aromatic heterocycles. The van der Waals surface area contributed by atoms with Crippen LogP contribution in [0.5, 0.6) is 11.5 Å². The Morgan fingerprint density at radius 2 is 2.20 bits per heavy atom. The van der Waals surface area contributed by atoms with Crippen molar-refractivity contribution in [1.82, 2.24) is 9.78 Å². The van der Waals surface area contributed by atoms with Gasteiger partial charge in [0.15, 0.2) is 0 Å². The third-order valence-corrected chi connectivity index (χ3v) is 3.09. The van der Waals surface area contributed by atoms with E-state index in [1.165, 1.54) is 0 Å². The van der Waals surface area contributed by atoms with Crippen LogP contribution >= 0.6 is 0 Å². The first kappa shape index (κ1) is 14.4. The van der Waals surface area contributed by atoms with Gasteiger partial charge in [0.1, 0.15) is 18.1 Å². The SMILES string of the molecule is CCn1cc(COc2ccc(OC)cc2CCN)cn1. The van der Waals surface area contributed by atoms with Crippen LogP contribution in [0.25, 0.3) is 0 Å². The third-order valence-electron chi connectivity index (χ3n) is 3.09. The average molecular weight is 275 g/mol. The van der Waals surface area contributed by atoms with Crippen molar-refractivity contribution in [2.75, 3.05) is 13.7 Å². The second-order valence-electron chi connectivity index (χ2n) is 4.51. The summed E-state index contributed by atoms with van der Waals surface area (Å²) in [5.74, 6) is 1.67.